The van der Waals surface area contributed by atoms with Crippen LogP contribution in [0.1, 0.15) is 12.5 Å². The van der Waals surface area contributed by atoms with Gasteiger partial charge in [0.05, 0.1) is 12.8 Å². The monoisotopic (exact) mass is 294 g/mol. The molecule has 2 rings (SSSR count). The third kappa shape index (κ3) is 2.93. The Bertz CT molecular complexity index is 637. The van der Waals surface area contributed by atoms with E-state index in [1.807, 2.05) is 29.8 Å². The van der Waals surface area contributed by atoms with Gasteiger partial charge in [0.25, 0.3) is 0 Å². The van der Waals surface area contributed by atoms with Gasteiger partial charge in [-0.05, 0) is 37.6 Å². The molecule has 5 nitrogen and oxygen atoms in total. The fraction of sp³-hybridized carbons (Fsp3) is 0.286. The van der Waals surface area contributed by atoms with Crippen molar-refractivity contribution in [1.29, 1.82) is 0 Å². The second kappa shape index (κ2) is 5.96. The first-order valence-corrected chi connectivity index (χ1v) is 6.69. The highest BCUT2D eigenvalue weighted by Crippen LogP contribution is 2.20. The number of aryl methyl sites for hydroxylation is 1. The number of ether oxygens (including phenoxy) is 1. The van der Waals surface area contributed by atoms with E-state index in [1.165, 1.54) is 0 Å². The zero-order valence-electron chi connectivity index (χ0n) is 11.5. The molecule has 0 saturated heterocycles. The summed E-state index contributed by atoms with van der Waals surface area (Å²) in [5.74, 6) is 0.151. The SMILES string of the molecule is CCOC(=O)C[n+]1ccn(-c2ccc(Cl)cc2C)c1N. The molecule has 0 atom stereocenters. The standard InChI is InChI=1S/C14H16ClN3O2/c1-3-20-13(19)9-17-6-7-18(14(17)16)12-5-4-11(15)8-10(12)2/h4-8,16H,3,9H2,1-2H3/p+1. The number of esters is 1. The number of benzene rings is 1. The number of nitrogens with two attached hydrogens (primary N) is 1. The highest BCUT2D eigenvalue weighted by Gasteiger charge is 2.18. The van der Waals surface area contributed by atoms with Gasteiger partial charge in [-0.2, -0.15) is 0 Å². The molecule has 1 aromatic heterocycles. The second-order valence-corrected chi connectivity index (χ2v) is 4.83. The first-order chi connectivity index (χ1) is 9.52. The van der Waals surface area contributed by atoms with Crippen molar-refractivity contribution in [3.05, 3.63) is 41.2 Å². The summed E-state index contributed by atoms with van der Waals surface area (Å²) in [6, 6.07) is 5.56. The van der Waals surface area contributed by atoms with Gasteiger partial charge in [0.1, 0.15) is 11.9 Å². The highest BCUT2D eigenvalue weighted by molar-refractivity contribution is 6.30. The van der Waals surface area contributed by atoms with E-state index in [-0.39, 0.29) is 12.5 Å². The van der Waals surface area contributed by atoms with Crippen molar-refractivity contribution in [1.82, 2.24) is 4.57 Å². The maximum atomic E-state index is 11.5. The van der Waals surface area contributed by atoms with Gasteiger partial charge < -0.3 is 4.74 Å². The van der Waals surface area contributed by atoms with Gasteiger partial charge in [-0.1, -0.05) is 11.6 Å². The fourth-order valence-electron chi connectivity index (χ4n) is 2.01. The maximum absolute atomic E-state index is 11.5. The van der Waals surface area contributed by atoms with Crippen LogP contribution in [-0.4, -0.2) is 17.1 Å². The van der Waals surface area contributed by atoms with Crippen LogP contribution in [0.25, 0.3) is 5.69 Å². The molecule has 20 heavy (non-hydrogen) atoms. The van der Waals surface area contributed by atoms with Gasteiger partial charge in [-0.25, -0.2) is 13.9 Å². The summed E-state index contributed by atoms with van der Waals surface area (Å²) in [6.45, 7) is 4.18. The molecule has 0 aliphatic heterocycles. The second-order valence-electron chi connectivity index (χ2n) is 4.39. The summed E-state index contributed by atoms with van der Waals surface area (Å²) in [7, 11) is 0. The minimum Gasteiger partial charge on any atom is -0.464 e. The molecule has 0 unspecified atom stereocenters. The molecule has 0 saturated carbocycles. The van der Waals surface area contributed by atoms with Gasteiger partial charge in [-0.3, -0.25) is 5.73 Å². The van der Waals surface area contributed by atoms with Crippen LogP contribution in [0, 0.1) is 6.92 Å². The minimum atomic E-state index is -0.310. The predicted molar refractivity (Wildman–Crippen MR) is 76.8 cm³/mol. The largest absolute Gasteiger partial charge is 0.464 e. The number of hydrogen-bond donors (Lipinski definition) is 1. The number of carbonyl (C=O) groups excluding carboxylic acids is 1. The van der Waals surface area contributed by atoms with Crippen molar-refractivity contribution in [3.8, 4) is 5.69 Å². The van der Waals surface area contributed by atoms with Crippen molar-refractivity contribution in [2.24, 2.45) is 0 Å². The number of carbonyl (C=O) groups is 1. The summed E-state index contributed by atoms with van der Waals surface area (Å²) < 4.78 is 8.37. The summed E-state index contributed by atoms with van der Waals surface area (Å²) in [6.07, 6.45) is 3.56. The molecule has 106 valence electrons. The Kier molecular flexibility index (Phi) is 4.29. The van der Waals surface area contributed by atoms with Crippen molar-refractivity contribution >= 4 is 23.5 Å². The van der Waals surface area contributed by atoms with E-state index in [0.717, 1.165) is 11.3 Å². The van der Waals surface area contributed by atoms with Crippen molar-refractivity contribution in [2.45, 2.75) is 20.4 Å². The molecule has 0 aliphatic carbocycles. The molecule has 0 aliphatic rings. The van der Waals surface area contributed by atoms with Gasteiger partial charge in [0.15, 0.2) is 6.54 Å². The number of aromatic nitrogens is 2. The molecule has 0 radical (unpaired) electrons. The summed E-state index contributed by atoms with van der Waals surface area (Å²) >= 11 is 5.95. The Morgan fingerprint density at radius 2 is 2.25 bits per heavy atom. The van der Waals surface area contributed by atoms with Crippen LogP contribution in [-0.2, 0) is 16.1 Å². The number of imidazole rings is 1. The van der Waals surface area contributed by atoms with Crippen LogP contribution in [0.15, 0.2) is 30.6 Å². The number of halogens is 1. The van der Waals surface area contributed by atoms with Crippen LogP contribution in [0.5, 0.6) is 0 Å². The Balaban J connectivity index is 2.31. The lowest BCUT2D eigenvalue weighted by Crippen LogP contribution is -2.40. The summed E-state index contributed by atoms with van der Waals surface area (Å²) in [5, 5.41) is 0.677. The molecule has 1 aromatic carbocycles. The Morgan fingerprint density at radius 3 is 2.90 bits per heavy atom. The highest BCUT2D eigenvalue weighted by atomic mass is 35.5. The Morgan fingerprint density at radius 1 is 1.50 bits per heavy atom. The first kappa shape index (κ1) is 14.4. The molecule has 0 bridgehead atoms. The van der Waals surface area contributed by atoms with Crippen LogP contribution < -0.4 is 10.3 Å². The number of nitrogen functional groups attached to an aromatic ring is 1. The zero-order chi connectivity index (χ0) is 14.7. The summed E-state index contributed by atoms with van der Waals surface area (Å²) in [5.41, 5.74) is 8.00. The normalized spacial score (nSPS) is 10.6. The smallest absolute Gasteiger partial charge is 0.360 e. The lowest BCUT2D eigenvalue weighted by molar-refractivity contribution is -0.670. The van der Waals surface area contributed by atoms with Gasteiger partial charge in [0.2, 0.25) is 0 Å². The van der Waals surface area contributed by atoms with Gasteiger partial charge in [-0.15, -0.1) is 0 Å². The number of hydrogen-bond acceptors (Lipinski definition) is 3. The van der Waals surface area contributed by atoms with Gasteiger partial charge >= 0.3 is 11.9 Å². The zero-order valence-corrected chi connectivity index (χ0v) is 12.2. The maximum Gasteiger partial charge on any atom is 0.360 e. The van der Waals surface area contributed by atoms with E-state index in [2.05, 4.69) is 0 Å². The van der Waals surface area contributed by atoms with Crippen LogP contribution in [0.3, 0.4) is 0 Å². The predicted octanol–water partition coefficient (Wildman–Crippen LogP) is 1.87. The van der Waals surface area contributed by atoms with E-state index in [0.29, 0.717) is 17.6 Å². The first-order valence-electron chi connectivity index (χ1n) is 6.31. The molecular formula is C14H17ClN3O2+. The Labute approximate surface area is 122 Å². The minimum absolute atomic E-state index is 0.0965. The molecule has 0 fully saturated rings. The van der Waals surface area contributed by atoms with E-state index in [1.54, 1.807) is 23.8 Å². The summed E-state index contributed by atoms with van der Waals surface area (Å²) in [4.78, 5) is 11.5. The number of nitrogens with zero attached hydrogens (tertiary/aromatic N) is 2. The van der Waals surface area contributed by atoms with Crippen molar-refractivity contribution < 1.29 is 14.1 Å². The lowest BCUT2D eigenvalue weighted by atomic mass is 10.2. The van der Waals surface area contributed by atoms with E-state index in [4.69, 9.17) is 22.1 Å². The quantitative estimate of drug-likeness (QED) is 0.692. The van der Waals surface area contributed by atoms with Crippen LogP contribution in [0.4, 0.5) is 5.95 Å². The van der Waals surface area contributed by atoms with Crippen molar-refractivity contribution in [3.63, 3.8) is 0 Å². The van der Waals surface area contributed by atoms with E-state index in [9.17, 15) is 4.79 Å². The third-order valence-electron chi connectivity index (χ3n) is 2.96. The number of anilines is 1. The van der Waals surface area contributed by atoms with Crippen LogP contribution in [0.2, 0.25) is 5.02 Å². The fourth-order valence-corrected chi connectivity index (χ4v) is 2.24. The van der Waals surface area contributed by atoms with E-state index >= 15 is 0 Å². The topological polar surface area (TPSA) is 61.1 Å². The van der Waals surface area contributed by atoms with Crippen LogP contribution >= 0.6 is 11.6 Å². The molecule has 2 N–H and O–H groups in total. The molecule has 1 heterocycles. The third-order valence-corrected chi connectivity index (χ3v) is 3.20. The van der Waals surface area contributed by atoms with E-state index < -0.39 is 0 Å². The van der Waals surface area contributed by atoms with Gasteiger partial charge in [0, 0.05) is 5.02 Å². The Hall–Kier alpha value is -2.01. The van der Waals surface area contributed by atoms with Crippen molar-refractivity contribution in [2.75, 3.05) is 12.3 Å². The average molecular weight is 295 g/mol. The average Bonchev–Trinajstić information content (AvgIpc) is 2.72. The molecule has 2 aromatic rings. The molecular weight excluding hydrogens is 278 g/mol. The lowest BCUT2D eigenvalue weighted by Gasteiger charge is -2.05. The number of rotatable bonds is 4. The molecule has 0 amide bonds. The molecule has 6 heteroatoms. The molecule has 0 spiro atoms.